The largest absolute Gasteiger partial charge is 0.479 e. The number of aliphatic hydroxyl groups is 1. The summed E-state index contributed by atoms with van der Waals surface area (Å²) in [7, 11) is 0. The topological polar surface area (TPSA) is 89.9 Å². The van der Waals surface area contributed by atoms with E-state index in [1.54, 1.807) is 24.3 Å². The molecule has 114 valence electrons. The van der Waals surface area contributed by atoms with Crippen molar-refractivity contribution in [3.8, 4) is 0 Å². The van der Waals surface area contributed by atoms with Crippen LogP contribution in [0.2, 0.25) is 5.02 Å². The van der Waals surface area contributed by atoms with Gasteiger partial charge in [0.1, 0.15) is 0 Å². The monoisotopic (exact) mass is 312 g/mol. The van der Waals surface area contributed by atoms with Gasteiger partial charge in [-0.25, -0.2) is 9.59 Å². The second kappa shape index (κ2) is 6.78. The molecule has 1 aromatic rings. The number of carboxylic acids is 1. The van der Waals surface area contributed by atoms with Gasteiger partial charge in [0, 0.05) is 17.1 Å². The summed E-state index contributed by atoms with van der Waals surface area (Å²) in [6, 6.07) is 4.51. The first-order chi connectivity index (χ1) is 10.0. The van der Waals surface area contributed by atoms with Crippen LogP contribution in [-0.2, 0) is 4.79 Å². The van der Waals surface area contributed by atoms with E-state index >= 15 is 0 Å². The zero-order chi connectivity index (χ0) is 15.4. The molecule has 6 nitrogen and oxygen atoms in total. The second-order valence-electron chi connectivity index (χ2n) is 4.91. The van der Waals surface area contributed by atoms with E-state index in [1.165, 1.54) is 4.90 Å². The van der Waals surface area contributed by atoms with E-state index in [4.69, 9.17) is 11.6 Å². The van der Waals surface area contributed by atoms with Gasteiger partial charge in [0.15, 0.2) is 6.04 Å². The number of hydrogen-bond donors (Lipinski definition) is 3. The lowest BCUT2D eigenvalue weighted by molar-refractivity contribution is -0.139. The molecule has 2 rings (SSSR count). The summed E-state index contributed by atoms with van der Waals surface area (Å²) in [5, 5.41) is 21.3. The van der Waals surface area contributed by atoms with Gasteiger partial charge >= 0.3 is 12.0 Å². The standard InChI is InChI=1S/C14H17ClN2O4/c15-11-6-2-1-5-10(11)12(13(19)20)16-14(21)17-7-3-4-9(17)8-18/h1-2,5-6,9,12,18H,3-4,7-8H2,(H,16,21)(H,19,20)/t9?,12-/m1/s1. The minimum atomic E-state index is -1.22. The van der Waals surface area contributed by atoms with Crippen LogP contribution in [0.15, 0.2) is 24.3 Å². The van der Waals surface area contributed by atoms with Gasteiger partial charge < -0.3 is 20.4 Å². The number of nitrogens with one attached hydrogen (secondary N) is 1. The number of likely N-dealkylation sites (tertiary alicyclic amines) is 1. The fourth-order valence-corrected chi connectivity index (χ4v) is 2.73. The van der Waals surface area contributed by atoms with E-state index in [2.05, 4.69) is 5.32 Å². The molecular formula is C14H17ClN2O4. The third kappa shape index (κ3) is 3.46. The zero-order valence-corrected chi connectivity index (χ0v) is 12.1. The number of nitrogens with zero attached hydrogens (tertiary/aromatic N) is 1. The normalized spacial score (nSPS) is 19.3. The average molecular weight is 313 g/mol. The van der Waals surface area contributed by atoms with Gasteiger partial charge in [0.2, 0.25) is 0 Å². The minimum absolute atomic E-state index is 0.128. The third-order valence-corrected chi connectivity index (χ3v) is 3.92. The Morgan fingerprint density at radius 2 is 2.14 bits per heavy atom. The lowest BCUT2D eigenvalue weighted by Crippen LogP contribution is -2.46. The molecule has 1 aliphatic heterocycles. The van der Waals surface area contributed by atoms with Crippen molar-refractivity contribution in [1.82, 2.24) is 10.2 Å². The molecule has 0 bridgehead atoms. The number of aliphatic carboxylic acids is 1. The van der Waals surface area contributed by atoms with Crippen LogP contribution in [0.1, 0.15) is 24.4 Å². The number of carbonyl (C=O) groups is 2. The highest BCUT2D eigenvalue weighted by Crippen LogP contribution is 2.24. The molecule has 1 saturated heterocycles. The van der Waals surface area contributed by atoms with Gasteiger partial charge in [0.05, 0.1) is 12.6 Å². The summed E-state index contributed by atoms with van der Waals surface area (Å²) < 4.78 is 0. The zero-order valence-electron chi connectivity index (χ0n) is 11.3. The first-order valence-electron chi connectivity index (χ1n) is 6.69. The highest BCUT2D eigenvalue weighted by molar-refractivity contribution is 6.31. The molecule has 2 amide bonds. The van der Waals surface area contributed by atoms with Crippen LogP contribution < -0.4 is 5.32 Å². The van der Waals surface area contributed by atoms with Crippen molar-refractivity contribution in [2.75, 3.05) is 13.2 Å². The molecule has 1 aromatic carbocycles. The number of hydrogen-bond acceptors (Lipinski definition) is 3. The molecule has 0 radical (unpaired) electrons. The first-order valence-corrected chi connectivity index (χ1v) is 7.07. The maximum absolute atomic E-state index is 12.2. The number of urea groups is 1. The van der Waals surface area contributed by atoms with Crippen LogP contribution in [-0.4, -0.2) is 46.3 Å². The molecule has 3 N–H and O–H groups in total. The van der Waals surface area contributed by atoms with E-state index in [1.807, 2.05) is 0 Å². The number of benzene rings is 1. The van der Waals surface area contributed by atoms with Crippen molar-refractivity contribution in [1.29, 1.82) is 0 Å². The van der Waals surface area contributed by atoms with Crippen LogP contribution >= 0.6 is 11.6 Å². The quantitative estimate of drug-likeness (QED) is 0.788. The predicted molar refractivity (Wildman–Crippen MR) is 77.2 cm³/mol. The molecule has 1 heterocycles. The van der Waals surface area contributed by atoms with E-state index in [0.29, 0.717) is 18.5 Å². The van der Waals surface area contributed by atoms with Gasteiger partial charge in [-0.05, 0) is 18.9 Å². The highest BCUT2D eigenvalue weighted by atomic mass is 35.5. The van der Waals surface area contributed by atoms with E-state index < -0.39 is 18.0 Å². The predicted octanol–water partition coefficient (Wildman–Crippen LogP) is 1.63. The van der Waals surface area contributed by atoms with Crippen LogP contribution in [0.3, 0.4) is 0 Å². The average Bonchev–Trinajstić information content (AvgIpc) is 2.93. The Labute approximate surface area is 127 Å². The maximum atomic E-state index is 12.2. The number of amides is 2. The summed E-state index contributed by atoms with van der Waals surface area (Å²) in [6.45, 7) is 0.378. The number of carbonyl (C=O) groups excluding carboxylic acids is 1. The highest BCUT2D eigenvalue weighted by Gasteiger charge is 2.32. The van der Waals surface area contributed by atoms with Gasteiger partial charge in [-0.1, -0.05) is 29.8 Å². The molecule has 0 saturated carbocycles. The van der Waals surface area contributed by atoms with Gasteiger partial charge in [-0.3, -0.25) is 0 Å². The van der Waals surface area contributed by atoms with Crippen LogP contribution in [0.4, 0.5) is 4.79 Å². The van der Waals surface area contributed by atoms with Crippen LogP contribution in [0.25, 0.3) is 0 Å². The molecule has 1 aliphatic rings. The van der Waals surface area contributed by atoms with E-state index in [-0.39, 0.29) is 17.7 Å². The fraction of sp³-hybridized carbons (Fsp3) is 0.429. The third-order valence-electron chi connectivity index (χ3n) is 3.58. The Morgan fingerprint density at radius 3 is 2.76 bits per heavy atom. The molecule has 0 aromatic heterocycles. The smallest absolute Gasteiger partial charge is 0.331 e. The Hall–Kier alpha value is -1.79. The maximum Gasteiger partial charge on any atom is 0.331 e. The molecular weight excluding hydrogens is 296 g/mol. The van der Waals surface area contributed by atoms with E-state index in [9.17, 15) is 19.8 Å². The Morgan fingerprint density at radius 1 is 1.43 bits per heavy atom. The van der Waals surface area contributed by atoms with Crippen LogP contribution in [0.5, 0.6) is 0 Å². The van der Waals surface area contributed by atoms with Crippen molar-refractivity contribution >= 4 is 23.6 Å². The van der Waals surface area contributed by atoms with Gasteiger partial charge in [0.25, 0.3) is 0 Å². The van der Waals surface area contributed by atoms with Gasteiger partial charge in [-0.15, -0.1) is 0 Å². The van der Waals surface area contributed by atoms with Crippen LogP contribution in [0, 0.1) is 0 Å². The first kappa shape index (κ1) is 15.6. The summed E-state index contributed by atoms with van der Waals surface area (Å²) in [4.78, 5) is 25.1. The summed E-state index contributed by atoms with van der Waals surface area (Å²) in [6.07, 6.45) is 1.51. The molecule has 2 atom stereocenters. The number of aliphatic hydroxyl groups excluding tert-OH is 1. The number of halogens is 1. The SMILES string of the molecule is O=C(O)[C@H](NC(=O)N1CCCC1CO)c1ccccc1Cl. The molecule has 1 fully saturated rings. The Balaban J connectivity index is 2.16. The number of carboxylic acid groups (broad SMARTS) is 1. The van der Waals surface area contributed by atoms with Crippen molar-refractivity contribution in [3.63, 3.8) is 0 Å². The second-order valence-corrected chi connectivity index (χ2v) is 5.32. The number of rotatable bonds is 4. The molecule has 0 aliphatic carbocycles. The minimum Gasteiger partial charge on any atom is -0.479 e. The Kier molecular flexibility index (Phi) is 5.03. The molecule has 7 heteroatoms. The molecule has 1 unspecified atom stereocenters. The summed E-state index contributed by atoms with van der Waals surface area (Å²) >= 11 is 5.99. The van der Waals surface area contributed by atoms with Crippen molar-refractivity contribution in [2.24, 2.45) is 0 Å². The molecule has 0 spiro atoms. The lowest BCUT2D eigenvalue weighted by atomic mass is 10.1. The van der Waals surface area contributed by atoms with Gasteiger partial charge in [-0.2, -0.15) is 0 Å². The van der Waals surface area contributed by atoms with E-state index in [0.717, 1.165) is 6.42 Å². The fourth-order valence-electron chi connectivity index (χ4n) is 2.48. The molecule has 21 heavy (non-hydrogen) atoms. The Bertz CT molecular complexity index is 537. The van der Waals surface area contributed by atoms with Crippen molar-refractivity contribution in [2.45, 2.75) is 24.9 Å². The van der Waals surface area contributed by atoms with Crippen molar-refractivity contribution in [3.05, 3.63) is 34.9 Å². The summed E-state index contributed by atoms with van der Waals surface area (Å²) in [5.74, 6) is -1.18. The van der Waals surface area contributed by atoms with Crippen molar-refractivity contribution < 1.29 is 19.8 Å². The lowest BCUT2D eigenvalue weighted by Gasteiger charge is -2.25. The summed E-state index contributed by atoms with van der Waals surface area (Å²) in [5.41, 5.74) is 0.333.